The monoisotopic (exact) mass is 229 g/mol. The van der Waals surface area contributed by atoms with E-state index < -0.39 is 6.23 Å². The lowest BCUT2D eigenvalue weighted by Crippen LogP contribution is -2.28. The van der Waals surface area contributed by atoms with Gasteiger partial charge in [0, 0.05) is 5.56 Å². The molecule has 2 heteroatoms. The molecule has 2 aromatic carbocycles. The predicted octanol–water partition coefficient (Wildman–Crippen LogP) is 3.17. The van der Waals surface area contributed by atoms with Crippen LogP contribution in [0.25, 0.3) is 10.8 Å². The molecule has 1 N–H and O–H groups in total. The summed E-state index contributed by atoms with van der Waals surface area (Å²) in [4.78, 5) is 2.04. The molecular weight excluding hydrogens is 210 g/mol. The number of fused-ring (bicyclic) bond motifs is 1. The molecule has 17 heavy (non-hydrogen) atoms. The Kier molecular flexibility index (Phi) is 3.77. The normalized spacial score (nSPS) is 13.2. The van der Waals surface area contributed by atoms with E-state index in [1.165, 1.54) is 5.39 Å². The van der Waals surface area contributed by atoms with Gasteiger partial charge in [0.2, 0.25) is 0 Å². The molecule has 2 rings (SSSR count). The third-order valence-corrected chi connectivity index (χ3v) is 3.26. The van der Waals surface area contributed by atoms with Crippen LogP contribution in [0.5, 0.6) is 0 Å². The quantitative estimate of drug-likeness (QED) is 0.814. The highest BCUT2D eigenvalue weighted by Crippen LogP contribution is 2.26. The summed E-state index contributed by atoms with van der Waals surface area (Å²) >= 11 is 0. The zero-order valence-corrected chi connectivity index (χ0v) is 10.4. The lowest BCUT2D eigenvalue weighted by molar-refractivity contribution is 0.0102. The zero-order valence-electron chi connectivity index (χ0n) is 10.4. The highest BCUT2D eigenvalue weighted by molar-refractivity contribution is 5.85. The summed E-state index contributed by atoms with van der Waals surface area (Å²) in [5.74, 6) is 0. The van der Waals surface area contributed by atoms with E-state index in [1.54, 1.807) is 0 Å². The Balaban J connectivity index is 2.47. The first-order valence-electron chi connectivity index (χ1n) is 6.17. The minimum atomic E-state index is -0.518. The van der Waals surface area contributed by atoms with Crippen LogP contribution in [-0.4, -0.2) is 23.1 Å². The lowest BCUT2D eigenvalue weighted by Gasteiger charge is -2.26. The minimum Gasteiger partial charge on any atom is -0.374 e. The van der Waals surface area contributed by atoms with E-state index in [-0.39, 0.29) is 0 Å². The van der Waals surface area contributed by atoms with E-state index in [4.69, 9.17) is 0 Å². The Morgan fingerprint density at radius 3 is 2.35 bits per heavy atom. The van der Waals surface area contributed by atoms with Crippen LogP contribution in [0.1, 0.15) is 25.6 Å². The van der Waals surface area contributed by atoms with Crippen molar-refractivity contribution < 1.29 is 5.11 Å². The van der Waals surface area contributed by atoms with Crippen molar-refractivity contribution in [1.82, 2.24) is 4.90 Å². The molecule has 0 saturated heterocycles. The van der Waals surface area contributed by atoms with Gasteiger partial charge in [-0.05, 0) is 23.9 Å². The number of aliphatic hydroxyl groups excluding tert-OH is 1. The van der Waals surface area contributed by atoms with Crippen LogP contribution < -0.4 is 0 Å². The molecule has 0 aliphatic carbocycles. The first kappa shape index (κ1) is 12.1. The van der Waals surface area contributed by atoms with Gasteiger partial charge in [0.25, 0.3) is 0 Å². The first-order chi connectivity index (χ1) is 8.27. The summed E-state index contributed by atoms with van der Waals surface area (Å²) in [7, 11) is 0. The number of hydrogen-bond donors (Lipinski definition) is 1. The average molecular weight is 229 g/mol. The molecule has 0 bridgehead atoms. The maximum atomic E-state index is 10.4. The standard InChI is InChI=1S/C15H19NO/c1-3-16(4-2)15(17)14-11-7-9-12-8-5-6-10-13(12)14/h5-11,15,17H,3-4H2,1-2H3. The Labute approximate surface area is 102 Å². The van der Waals surface area contributed by atoms with E-state index in [0.29, 0.717) is 0 Å². The fraction of sp³-hybridized carbons (Fsp3) is 0.333. The van der Waals surface area contributed by atoms with Crippen molar-refractivity contribution in [3.05, 3.63) is 48.0 Å². The van der Waals surface area contributed by atoms with Crippen LogP contribution in [0.4, 0.5) is 0 Å². The van der Waals surface area contributed by atoms with Gasteiger partial charge >= 0.3 is 0 Å². The summed E-state index contributed by atoms with van der Waals surface area (Å²) < 4.78 is 0. The molecule has 0 spiro atoms. The molecule has 0 amide bonds. The molecule has 1 atom stereocenters. The highest BCUT2D eigenvalue weighted by atomic mass is 16.3. The van der Waals surface area contributed by atoms with Gasteiger partial charge in [-0.15, -0.1) is 0 Å². The summed E-state index contributed by atoms with van der Waals surface area (Å²) in [5.41, 5.74) is 0.992. The van der Waals surface area contributed by atoms with Crippen molar-refractivity contribution in [2.45, 2.75) is 20.1 Å². The third-order valence-electron chi connectivity index (χ3n) is 3.26. The Morgan fingerprint density at radius 2 is 1.65 bits per heavy atom. The van der Waals surface area contributed by atoms with E-state index in [9.17, 15) is 5.11 Å². The van der Waals surface area contributed by atoms with Crippen molar-refractivity contribution in [3.63, 3.8) is 0 Å². The maximum absolute atomic E-state index is 10.4. The second kappa shape index (κ2) is 5.30. The van der Waals surface area contributed by atoms with Crippen LogP contribution in [0.3, 0.4) is 0 Å². The molecule has 2 aromatic rings. The van der Waals surface area contributed by atoms with E-state index in [2.05, 4.69) is 32.0 Å². The SMILES string of the molecule is CCN(CC)C(O)c1cccc2ccccc12. The second-order valence-corrected chi connectivity index (χ2v) is 4.16. The molecule has 0 heterocycles. The molecule has 0 aliphatic heterocycles. The predicted molar refractivity (Wildman–Crippen MR) is 71.8 cm³/mol. The number of benzene rings is 2. The largest absolute Gasteiger partial charge is 0.374 e. The van der Waals surface area contributed by atoms with Gasteiger partial charge < -0.3 is 5.11 Å². The van der Waals surface area contributed by atoms with E-state index in [1.807, 2.05) is 29.2 Å². The molecule has 0 fully saturated rings. The maximum Gasteiger partial charge on any atom is 0.134 e. The number of hydrogen-bond acceptors (Lipinski definition) is 2. The van der Waals surface area contributed by atoms with Gasteiger partial charge in [-0.25, -0.2) is 0 Å². The van der Waals surface area contributed by atoms with Gasteiger partial charge in [0.05, 0.1) is 0 Å². The molecule has 2 nitrogen and oxygen atoms in total. The molecule has 0 saturated carbocycles. The molecule has 90 valence electrons. The van der Waals surface area contributed by atoms with Gasteiger partial charge in [0.1, 0.15) is 6.23 Å². The number of aliphatic hydroxyl groups is 1. The van der Waals surface area contributed by atoms with Crippen molar-refractivity contribution in [1.29, 1.82) is 0 Å². The molecule has 0 radical (unpaired) electrons. The Hall–Kier alpha value is -1.38. The molecule has 0 aromatic heterocycles. The minimum absolute atomic E-state index is 0.518. The van der Waals surface area contributed by atoms with E-state index >= 15 is 0 Å². The van der Waals surface area contributed by atoms with Crippen LogP contribution in [0, 0.1) is 0 Å². The van der Waals surface area contributed by atoms with Gasteiger partial charge in [0.15, 0.2) is 0 Å². The topological polar surface area (TPSA) is 23.5 Å². The highest BCUT2D eigenvalue weighted by Gasteiger charge is 2.16. The van der Waals surface area contributed by atoms with Crippen LogP contribution in [0.15, 0.2) is 42.5 Å². The number of nitrogens with zero attached hydrogens (tertiary/aromatic N) is 1. The Bertz CT molecular complexity index is 486. The first-order valence-corrected chi connectivity index (χ1v) is 6.17. The van der Waals surface area contributed by atoms with Gasteiger partial charge in [-0.3, -0.25) is 4.90 Å². The summed E-state index contributed by atoms with van der Waals surface area (Å²) in [6.07, 6.45) is -0.518. The second-order valence-electron chi connectivity index (χ2n) is 4.16. The van der Waals surface area contributed by atoms with Crippen LogP contribution >= 0.6 is 0 Å². The van der Waals surface area contributed by atoms with Crippen LogP contribution in [-0.2, 0) is 0 Å². The summed E-state index contributed by atoms with van der Waals surface area (Å²) in [6.45, 7) is 5.83. The fourth-order valence-electron chi connectivity index (χ4n) is 2.24. The van der Waals surface area contributed by atoms with Crippen molar-refractivity contribution >= 4 is 10.8 Å². The van der Waals surface area contributed by atoms with Crippen molar-refractivity contribution in [2.75, 3.05) is 13.1 Å². The fourth-order valence-corrected chi connectivity index (χ4v) is 2.24. The Morgan fingerprint density at radius 1 is 1.00 bits per heavy atom. The lowest BCUT2D eigenvalue weighted by atomic mass is 10.0. The smallest absolute Gasteiger partial charge is 0.134 e. The van der Waals surface area contributed by atoms with E-state index in [0.717, 1.165) is 24.0 Å². The van der Waals surface area contributed by atoms with Crippen molar-refractivity contribution in [3.8, 4) is 0 Å². The van der Waals surface area contributed by atoms with Crippen LogP contribution in [0.2, 0.25) is 0 Å². The van der Waals surface area contributed by atoms with Gasteiger partial charge in [-0.1, -0.05) is 56.3 Å². The van der Waals surface area contributed by atoms with Crippen molar-refractivity contribution in [2.24, 2.45) is 0 Å². The number of rotatable bonds is 4. The third kappa shape index (κ3) is 2.33. The summed E-state index contributed by atoms with van der Waals surface area (Å²) in [5, 5.41) is 12.7. The molecule has 1 unspecified atom stereocenters. The molecular formula is C15H19NO. The zero-order chi connectivity index (χ0) is 12.3. The average Bonchev–Trinajstić information content (AvgIpc) is 2.39. The van der Waals surface area contributed by atoms with Gasteiger partial charge in [-0.2, -0.15) is 0 Å². The molecule has 0 aliphatic rings. The summed E-state index contributed by atoms with van der Waals surface area (Å²) in [6, 6.07) is 14.3.